The lowest BCUT2D eigenvalue weighted by atomic mass is 9.92. The third kappa shape index (κ3) is 3.75. The molecule has 0 bridgehead atoms. The summed E-state index contributed by atoms with van der Waals surface area (Å²) in [6, 6.07) is 11.7. The number of hydrogen-bond acceptors (Lipinski definition) is 4. The van der Waals surface area contributed by atoms with Gasteiger partial charge in [-0.25, -0.2) is 9.97 Å². The summed E-state index contributed by atoms with van der Waals surface area (Å²) in [5, 5.41) is 7.19. The third-order valence-corrected chi connectivity index (χ3v) is 5.27. The van der Waals surface area contributed by atoms with Crippen LogP contribution in [0.1, 0.15) is 48.9 Å². The van der Waals surface area contributed by atoms with Gasteiger partial charge in [-0.2, -0.15) is 0 Å². The summed E-state index contributed by atoms with van der Waals surface area (Å²) in [6.07, 6.45) is 10.8. The molecule has 1 heterocycles. The van der Waals surface area contributed by atoms with Crippen molar-refractivity contribution in [1.82, 2.24) is 15.3 Å². The number of nitrogens with zero attached hydrogens (tertiary/aromatic N) is 2. The van der Waals surface area contributed by atoms with Crippen LogP contribution in [0.4, 0.5) is 5.95 Å². The van der Waals surface area contributed by atoms with Crippen molar-refractivity contribution >= 4 is 5.95 Å². The van der Waals surface area contributed by atoms with Gasteiger partial charge in [0.1, 0.15) is 0 Å². The van der Waals surface area contributed by atoms with Crippen LogP contribution in [-0.2, 0) is 19.4 Å². The van der Waals surface area contributed by atoms with E-state index in [-0.39, 0.29) is 0 Å². The van der Waals surface area contributed by atoms with E-state index in [1.807, 2.05) is 12.3 Å². The molecule has 0 saturated heterocycles. The van der Waals surface area contributed by atoms with Crippen molar-refractivity contribution < 1.29 is 0 Å². The maximum atomic E-state index is 4.74. The van der Waals surface area contributed by atoms with Gasteiger partial charge in [0.25, 0.3) is 0 Å². The van der Waals surface area contributed by atoms with E-state index in [9.17, 15) is 0 Å². The maximum absolute atomic E-state index is 4.74. The van der Waals surface area contributed by atoms with Crippen molar-refractivity contribution in [3.63, 3.8) is 0 Å². The van der Waals surface area contributed by atoms with Gasteiger partial charge >= 0.3 is 0 Å². The first kappa shape index (κ1) is 15.6. The van der Waals surface area contributed by atoms with E-state index in [2.05, 4.69) is 39.9 Å². The third-order valence-electron chi connectivity index (χ3n) is 5.27. The Hall–Kier alpha value is -1.94. The Morgan fingerprint density at radius 1 is 1.00 bits per heavy atom. The maximum Gasteiger partial charge on any atom is 0.223 e. The number of hydrogen-bond donors (Lipinski definition) is 2. The number of rotatable bonds is 5. The van der Waals surface area contributed by atoms with Crippen LogP contribution >= 0.6 is 0 Å². The molecule has 2 N–H and O–H groups in total. The lowest BCUT2D eigenvalue weighted by Gasteiger charge is -2.27. The van der Waals surface area contributed by atoms with Gasteiger partial charge in [-0.05, 0) is 43.2 Å². The van der Waals surface area contributed by atoms with Gasteiger partial charge in [-0.1, -0.05) is 43.2 Å². The van der Waals surface area contributed by atoms with Crippen LogP contribution < -0.4 is 10.6 Å². The standard InChI is InChI=1S/C20H26N4/c1-2-6-15(7-3-1)13-21-20-22-14-16-12-18(10-11-19(16)24-20)23-17-8-4-5-9-17/h1-3,6-7,14,17-18,23H,4-5,8-13H2,(H,21,22,24)/t18-/m1/s1. The van der Waals surface area contributed by atoms with E-state index in [1.165, 1.54) is 48.9 Å². The fraction of sp³-hybridized carbons (Fsp3) is 0.500. The van der Waals surface area contributed by atoms with Crippen LogP contribution in [0.3, 0.4) is 0 Å². The lowest BCUT2D eigenvalue weighted by Crippen LogP contribution is -2.40. The molecule has 1 fully saturated rings. The molecule has 1 aromatic carbocycles. The Labute approximate surface area is 144 Å². The monoisotopic (exact) mass is 322 g/mol. The van der Waals surface area contributed by atoms with Crippen molar-refractivity contribution in [2.75, 3.05) is 5.32 Å². The van der Waals surface area contributed by atoms with Gasteiger partial charge in [-0.3, -0.25) is 0 Å². The van der Waals surface area contributed by atoms with E-state index in [0.29, 0.717) is 6.04 Å². The summed E-state index contributed by atoms with van der Waals surface area (Å²) in [6.45, 7) is 0.769. The van der Waals surface area contributed by atoms with Crippen molar-refractivity contribution in [3.05, 3.63) is 53.3 Å². The summed E-state index contributed by atoms with van der Waals surface area (Å²) in [5.41, 5.74) is 3.80. The van der Waals surface area contributed by atoms with Crippen LogP contribution in [0.5, 0.6) is 0 Å². The lowest BCUT2D eigenvalue weighted by molar-refractivity contribution is 0.392. The molecule has 126 valence electrons. The highest BCUT2D eigenvalue weighted by Crippen LogP contribution is 2.24. The normalized spacial score (nSPS) is 20.8. The molecular weight excluding hydrogens is 296 g/mol. The first-order chi connectivity index (χ1) is 11.9. The quantitative estimate of drug-likeness (QED) is 0.885. The fourth-order valence-corrected chi connectivity index (χ4v) is 3.94. The summed E-state index contributed by atoms with van der Waals surface area (Å²) in [4.78, 5) is 9.27. The molecule has 2 aliphatic rings. The summed E-state index contributed by atoms with van der Waals surface area (Å²) in [5.74, 6) is 0.750. The highest BCUT2D eigenvalue weighted by atomic mass is 15.1. The predicted molar refractivity (Wildman–Crippen MR) is 97.0 cm³/mol. The SMILES string of the molecule is c1ccc(CNc2ncc3c(n2)CC[C@@H](NC2CCCC2)C3)cc1. The number of aromatic nitrogens is 2. The molecule has 4 rings (SSSR count). The molecule has 24 heavy (non-hydrogen) atoms. The van der Waals surface area contributed by atoms with E-state index < -0.39 is 0 Å². The number of benzene rings is 1. The van der Waals surface area contributed by atoms with Crippen LogP contribution in [0.15, 0.2) is 36.5 Å². The molecular formula is C20H26N4. The van der Waals surface area contributed by atoms with Gasteiger partial charge in [0, 0.05) is 30.5 Å². The van der Waals surface area contributed by atoms with Gasteiger partial charge in [0.05, 0.1) is 0 Å². The van der Waals surface area contributed by atoms with Crippen molar-refractivity contribution in [1.29, 1.82) is 0 Å². The molecule has 0 unspecified atom stereocenters. The van der Waals surface area contributed by atoms with Crippen LogP contribution in [0, 0.1) is 0 Å². The second kappa shape index (κ2) is 7.31. The van der Waals surface area contributed by atoms with E-state index in [0.717, 1.165) is 31.4 Å². The van der Waals surface area contributed by atoms with Gasteiger partial charge in [0.2, 0.25) is 5.95 Å². The number of aryl methyl sites for hydroxylation is 1. The first-order valence-corrected chi connectivity index (χ1v) is 9.25. The highest BCUT2D eigenvalue weighted by Gasteiger charge is 2.24. The molecule has 0 aliphatic heterocycles. The van der Waals surface area contributed by atoms with E-state index >= 15 is 0 Å². The molecule has 0 radical (unpaired) electrons. The Morgan fingerprint density at radius 2 is 1.83 bits per heavy atom. The molecule has 2 aliphatic carbocycles. The number of anilines is 1. The molecule has 1 atom stereocenters. The molecule has 0 amide bonds. The fourth-order valence-electron chi connectivity index (χ4n) is 3.94. The molecule has 0 spiro atoms. The Kier molecular flexibility index (Phi) is 4.74. The van der Waals surface area contributed by atoms with Crippen LogP contribution in [0.25, 0.3) is 0 Å². The minimum absolute atomic E-state index is 0.604. The van der Waals surface area contributed by atoms with Gasteiger partial charge in [-0.15, -0.1) is 0 Å². The molecule has 1 saturated carbocycles. The zero-order valence-electron chi connectivity index (χ0n) is 14.2. The summed E-state index contributed by atoms with van der Waals surface area (Å²) >= 11 is 0. The zero-order chi connectivity index (χ0) is 16.2. The van der Waals surface area contributed by atoms with Crippen LogP contribution in [-0.4, -0.2) is 22.1 Å². The smallest absolute Gasteiger partial charge is 0.223 e. The Morgan fingerprint density at radius 3 is 2.67 bits per heavy atom. The zero-order valence-corrected chi connectivity index (χ0v) is 14.2. The van der Waals surface area contributed by atoms with E-state index in [1.54, 1.807) is 0 Å². The largest absolute Gasteiger partial charge is 0.350 e. The van der Waals surface area contributed by atoms with E-state index in [4.69, 9.17) is 4.98 Å². The summed E-state index contributed by atoms with van der Waals surface area (Å²) < 4.78 is 0. The Balaban J connectivity index is 1.36. The Bertz CT molecular complexity index is 665. The highest BCUT2D eigenvalue weighted by molar-refractivity contribution is 5.33. The molecule has 2 aromatic rings. The van der Waals surface area contributed by atoms with Crippen molar-refractivity contribution in [2.24, 2.45) is 0 Å². The second-order valence-corrected chi connectivity index (χ2v) is 7.09. The topological polar surface area (TPSA) is 49.8 Å². The minimum atomic E-state index is 0.604. The number of fused-ring (bicyclic) bond motifs is 1. The second-order valence-electron chi connectivity index (χ2n) is 7.09. The predicted octanol–water partition coefficient (Wildman–Crippen LogP) is 3.48. The average molecular weight is 322 g/mol. The number of nitrogens with one attached hydrogen (secondary N) is 2. The summed E-state index contributed by atoms with van der Waals surface area (Å²) in [7, 11) is 0. The van der Waals surface area contributed by atoms with Gasteiger partial charge in [0.15, 0.2) is 0 Å². The molecule has 1 aromatic heterocycles. The molecule has 4 heteroatoms. The van der Waals surface area contributed by atoms with Gasteiger partial charge < -0.3 is 10.6 Å². The molecule has 4 nitrogen and oxygen atoms in total. The van der Waals surface area contributed by atoms with Crippen molar-refractivity contribution in [2.45, 2.75) is 63.6 Å². The minimum Gasteiger partial charge on any atom is -0.350 e. The first-order valence-electron chi connectivity index (χ1n) is 9.25. The van der Waals surface area contributed by atoms with Crippen LogP contribution in [0.2, 0.25) is 0 Å². The average Bonchev–Trinajstić information content (AvgIpc) is 3.14. The van der Waals surface area contributed by atoms with Crippen molar-refractivity contribution in [3.8, 4) is 0 Å².